The van der Waals surface area contributed by atoms with Gasteiger partial charge in [0, 0.05) is 11.3 Å². The average Bonchev–Trinajstić information content (AvgIpc) is 2.28. The second kappa shape index (κ2) is 3.41. The summed E-state index contributed by atoms with van der Waals surface area (Å²) in [5.41, 5.74) is 7.35. The molecule has 0 spiro atoms. The molecule has 1 aliphatic rings. The van der Waals surface area contributed by atoms with Crippen LogP contribution >= 0.6 is 11.8 Å². The van der Waals surface area contributed by atoms with Gasteiger partial charge in [-0.1, -0.05) is 0 Å². The normalized spacial score (nSPS) is 16.3. The molecule has 0 amide bonds. The molecule has 0 saturated carbocycles. The number of rotatable bonds is 0. The van der Waals surface area contributed by atoms with Crippen molar-refractivity contribution in [3.63, 3.8) is 0 Å². The van der Waals surface area contributed by atoms with Gasteiger partial charge in [-0.2, -0.15) is 16.7 Å². The highest BCUT2D eigenvalue weighted by Crippen LogP contribution is 2.20. The van der Waals surface area contributed by atoms with Crippen LogP contribution in [-0.4, -0.2) is 21.5 Å². The number of hydrogen-bond acceptors (Lipinski definition) is 4. The highest BCUT2D eigenvalue weighted by Gasteiger charge is 2.12. The molecule has 5 heteroatoms. The van der Waals surface area contributed by atoms with Crippen molar-refractivity contribution in [2.45, 2.75) is 12.8 Å². The molecule has 3 N–H and O–H groups in total. The molecule has 4 nitrogen and oxygen atoms in total. The highest BCUT2D eigenvalue weighted by atomic mass is 32.2. The molecular weight excluding hydrogens is 186 g/mol. The number of nitrogens with one attached hydrogen (secondary N) is 1. The Hall–Kier alpha value is -0.970. The van der Waals surface area contributed by atoms with E-state index in [9.17, 15) is 4.79 Å². The Balaban J connectivity index is 2.53. The quantitative estimate of drug-likeness (QED) is 0.622. The van der Waals surface area contributed by atoms with E-state index in [2.05, 4.69) is 9.97 Å². The van der Waals surface area contributed by atoms with Gasteiger partial charge in [-0.25, -0.2) is 4.79 Å². The Morgan fingerprint density at radius 3 is 3.00 bits per heavy atom. The summed E-state index contributed by atoms with van der Waals surface area (Å²) in [5.74, 6) is 2.51. The van der Waals surface area contributed by atoms with Crippen LogP contribution in [0.15, 0.2) is 4.79 Å². The fourth-order valence-electron chi connectivity index (χ4n) is 1.51. The SMILES string of the molecule is Nc1nc(=O)[nH]c2c1CCSCC2. The standard InChI is InChI=1S/C8H11N3OS/c9-7-5-1-3-13-4-2-6(5)10-8(12)11-7/h1-4H2,(H3,9,10,11,12). The van der Waals surface area contributed by atoms with E-state index in [4.69, 9.17) is 5.73 Å². The number of fused-ring (bicyclic) bond motifs is 1. The van der Waals surface area contributed by atoms with Crippen LogP contribution < -0.4 is 11.4 Å². The van der Waals surface area contributed by atoms with Crippen molar-refractivity contribution in [3.8, 4) is 0 Å². The summed E-state index contributed by atoms with van der Waals surface area (Å²) >= 11 is 1.88. The third-order valence-electron chi connectivity index (χ3n) is 2.15. The smallest absolute Gasteiger partial charge is 0.347 e. The minimum Gasteiger partial charge on any atom is -0.383 e. The third-order valence-corrected chi connectivity index (χ3v) is 3.13. The summed E-state index contributed by atoms with van der Waals surface area (Å²) in [4.78, 5) is 17.5. The van der Waals surface area contributed by atoms with Gasteiger partial charge in [0.2, 0.25) is 0 Å². The Bertz CT molecular complexity index is 374. The first-order valence-corrected chi connectivity index (χ1v) is 5.38. The second-order valence-electron chi connectivity index (χ2n) is 3.00. The minimum atomic E-state index is -0.330. The van der Waals surface area contributed by atoms with Crippen molar-refractivity contribution in [2.24, 2.45) is 0 Å². The van der Waals surface area contributed by atoms with Gasteiger partial charge < -0.3 is 10.7 Å². The molecule has 1 aromatic rings. The molecule has 0 radical (unpaired) electrons. The maximum atomic E-state index is 11.0. The number of aromatic amines is 1. The van der Waals surface area contributed by atoms with Gasteiger partial charge in [0.1, 0.15) is 5.82 Å². The summed E-state index contributed by atoms with van der Waals surface area (Å²) in [6, 6.07) is 0. The molecule has 0 fully saturated rings. The van der Waals surface area contributed by atoms with Crippen LogP contribution in [0, 0.1) is 0 Å². The van der Waals surface area contributed by atoms with Crippen LogP contribution in [0.3, 0.4) is 0 Å². The Morgan fingerprint density at radius 2 is 2.15 bits per heavy atom. The first-order valence-electron chi connectivity index (χ1n) is 4.22. The van der Waals surface area contributed by atoms with Gasteiger partial charge in [0.25, 0.3) is 0 Å². The highest BCUT2D eigenvalue weighted by molar-refractivity contribution is 7.99. The van der Waals surface area contributed by atoms with Crippen LogP contribution in [0.25, 0.3) is 0 Å². The molecule has 0 unspecified atom stereocenters. The number of nitrogens with two attached hydrogens (primary N) is 1. The van der Waals surface area contributed by atoms with E-state index < -0.39 is 0 Å². The first kappa shape index (κ1) is 8.62. The molecule has 2 heterocycles. The zero-order chi connectivity index (χ0) is 9.26. The summed E-state index contributed by atoms with van der Waals surface area (Å²) in [6.45, 7) is 0. The molecular formula is C8H11N3OS. The monoisotopic (exact) mass is 197 g/mol. The molecule has 13 heavy (non-hydrogen) atoms. The van der Waals surface area contributed by atoms with Crippen molar-refractivity contribution >= 4 is 17.6 Å². The molecule has 1 aromatic heterocycles. The fourth-order valence-corrected chi connectivity index (χ4v) is 2.41. The van der Waals surface area contributed by atoms with Gasteiger partial charge in [-0.05, 0) is 24.3 Å². The topological polar surface area (TPSA) is 71.8 Å². The lowest BCUT2D eigenvalue weighted by Crippen LogP contribution is -2.18. The van der Waals surface area contributed by atoms with E-state index in [-0.39, 0.29) is 5.69 Å². The third kappa shape index (κ3) is 1.70. The Labute approximate surface area is 79.9 Å². The second-order valence-corrected chi connectivity index (χ2v) is 4.22. The first-order chi connectivity index (χ1) is 6.27. The van der Waals surface area contributed by atoms with Crippen LogP contribution in [0.2, 0.25) is 0 Å². The molecule has 0 saturated heterocycles. The van der Waals surface area contributed by atoms with Gasteiger partial charge >= 0.3 is 5.69 Å². The number of nitrogens with zero attached hydrogens (tertiary/aromatic N) is 1. The lowest BCUT2D eigenvalue weighted by atomic mass is 10.1. The van der Waals surface area contributed by atoms with E-state index in [1.54, 1.807) is 0 Å². The maximum Gasteiger partial charge on any atom is 0.347 e. The molecule has 2 rings (SSSR count). The van der Waals surface area contributed by atoms with Crippen LogP contribution in [-0.2, 0) is 12.8 Å². The number of aryl methyl sites for hydroxylation is 1. The molecule has 0 atom stereocenters. The zero-order valence-electron chi connectivity index (χ0n) is 7.17. The van der Waals surface area contributed by atoms with E-state index in [1.807, 2.05) is 11.8 Å². The van der Waals surface area contributed by atoms with E-state index in [1.165, 1.54) is 0 Å². The lowest BCUT2D eigenvalue weighted by Gasteiger charge is -2.05. The Morgan fingerprint density at radius 1 is 1.38 bits per heavy atom. The fraction of sp³-hybridized carbons (Fsp3) is 0.500. The number of aromatic nitrogens is 2. The van der Waals surface area contributed by atoms with Crippen LogP contribution in [0.1, 0.15) is 11.3 Å². The summed E-state index contributed by atoms with van der Waals surface area (Å²) in [5, 5.41) is 0. The van der Waals surface area contributed by atoms with Gasteiger partial charge in [0.05, 0.1) is 0 Å². The van der Waals surface area contributed by atoms with Crippen molar-refractivity contribution in [2.75, 3.05) is 17.2 Å². The molecule has 0 aliphatic carbocycles. The molecule has 0 aromatic carbocycles. The lowest BCUT2D eigenvalue weighted by molar-refractivity contribution is 0.927. The summed E-state index contributed by atoms with van der Waals surface area (Å²) in [6.07, 6.45) is 1.80. The number of nitrogen functional groups attached to an aromatic ring is 1. The van der Waals surface area contributed by atoms with Gasteiger partial charge in [-0.3, -0.25) is 0 Å². The van der Waals surface area contributed by atoms with Crippen molar-refractivity contribution in [3.05, 3.63) is 21.7 Å². The zero-order valence-corrected chi connectivity index (χ0v) is 7.99. The predicted octanol–water partition coefficient (Wildman–Crippen LogP) is 0.184. The van der Waals surface area contributed by atoms with E-state index in [0.29, 0.717) is 5.82 Å². The summed E-state index contributed by atoms with van der Waals surface area (Å²) in [7, 11) is 0. The summed E-state index contributed by atoms with van der Waals surface area (Å²) < 4.78 is 0. The number of anilines is 1. The molecule has 1 aliphatic heterocycles. The van der Waals surface area contributed by atoms with Crippen molar-refractivity contribution in [1.29, 1.82) is 0 Å². The van der Waals surface area contributed by atoms with Gasteiger partial charge in [0.15, 0.2) is 0 Å². The number of H-pyrrole nitrogens is 1. The molecule has 0 bridgehead atoms. The number of thioether (sulfide) groups is 1. The average molecular weight is 197 g/mol. The van der Waals surface area contributed by atoms with Crippen molar-refractivity contribution in [1.82, 2.24) is 9.97 Å². The van der Waals surface area contributed by atoms with Crippen LogP contribution in [0.4, 0.5) is 5.82 Å². The maximum absolute atomic E-state index is 11.0. The number of hydrogen-bond donors (Lipinski definition) is 2. The van der Waals surface area contributed by atoms with Gasteiger partial charge in [-0.15, -0.1) is 0 Å². The minimum absolute atomic E-state index is 0.330. The van der Waals surface area contributed by atoms with Crippen molar-refractivity contribution < 1.29 is 0 Å². The van der Waals surface area contributed by atoms with E-state index in [0.717, 1.165) is 35.6 Å². The predicted molar refractivity (Wildman–Crippen MR) is 54.0 cm³/mol. The van der Waals surface area contributed by atoms with E-state index >= 15 is 0 Å². The largest absolute Gasteiger partial charge is 0.383 e. The molecule has 70 valence electrons. The van der Waals surface area contributed by atoms with Crippen LogP contribution in [0.5, 0.6) is 0 Å². The Kier molecular flexibility index (Phi) is 2.26.